The fourth-order valence-electron chi connectivity index (χ4n) is 3.52. The monoisotopic (exact) mass is 489 g/mol. The number of carboxylic acid groups (broad SMARTS) is 1. The van der Waals surface area contributed by atoms with E-state index in [0.29, 0.717) is 11.3 Å². The summed E-state index contributed by atoms with van der Waals surface area (Å²) in [4.78, 5) is 24.9. The van der Waals surface area contributed by atoms with Crippen LogP contribution in [0.1, 0.15) is 13.8 Å². The van der Waals surface area contributed by atoms with Gasteiger partial charge in [-0.15, -0.1) is 0 Å². The summed E-state index contributed by atoms with van der Waals surface area (Å²) >= 11 is 2.15. The third kappa shape index (κ3) is 4.05. The van der Waals surface area contributed by atoms with Crippen LogP contribution in [0.15, 0.2) is 35.5 Å². The van der Waals surface area contributed by atoms with Crippen molar-refractivity contribution in [2.24, 2.45) is 11.8 Å². The number of carboxylic acids is 1. The van der Waals surface area contributed by atoms with Gasteiger partial charge in [0.25, 0.3) is 0 Å². The van der Waals surface area contributed by atoms with Gasteiger partial charge in [0.15, 0.2) is 0 Å². The van der Waals surface area contributed by atoms with Crippen molar-refractivity contribution in [1.82, 2.24) is 4.90 Å². The van der Waals surface area contributed by atoms with Crippen LogP contribution >= 0.6 is 22.6 Å². The number of amides is 1. The summed E-state index contributed by atoms with van der Waals surface area (Å²) in [5.74, 6) is 3.63. The van der Waals surface area contributed by atoms with Gasteiger partial charge in [0, 0.05) is 11.5 Å². The quantitative estimate of drug-likeness (QED) is 0.220. The summed E-state index contributed by atoms with van der Waals surface area (Å²) in [6.45, 7) is 3.43. The fourth-order valence-corrected chi connectivity index (χ4v) is 4.07. The third-order valence-electron chi connectivity index (χ3n) is 4.72. The van der Waals surface area contributed by atoms with E-state index in [9.17, 15) is 19.8 Å². The fraction of sp³-hybridized carbons (Fsp3) is 0.368. The van der Waals surface area contributed by atoms with Crippen molar-refractivity contribution in [2.75, 3.05) is 6.61 Å². The second-order valence-electron chi connectivity index (χ2n) is 6.32. The Balaban J connectivity index is 0.00000261. The van der Waals surface area contributed by atoms with Gasteiger partial charge in [-0.1, -0.05) is 30.9 Å². The predicted octanol–water partition coefficient (Wildman–Crippen LogP) is -2.46. The molecule has 3 unspecified atom stereocenters. The van der Waals surface area contributed by atoms with Crippen molar-refractivity contribution in [1.29, 1.82) is 0 Å². The van der Waals surface area contributed by atoms with Crippen molar-refractivity contribution in [2.45, 2.75) is 26.0 Å². The van der Waals surface area contributed by atoms with Gasteiger partial charge in [0.1, 0.15) is 12.4 Å². The van der Waals surface area contributed by atoms with E-state index in [1.54, 1.807) is 6.92 Å². The number of aliphatic hydroxyl groups excluding tert-OH is 1. The number of carbonyl (C=O) groups excluding carboxylic acids is 2. The zero-order valence-electron chi connectivity index (χ0n) is 15.2. The van der Waals surface area contributed by atoms with Crippen LogP contribution < -0.4 is 39.4 Å². The van der Waals surface area contributed by atoms with Crippen LogP contribution in [0.4, 0.5) is 0 Å². The smallest absolute Gasteiger partial charge is 0.543 e. The Morgan fingerprint density at radius 2 is 2.11 bits per heavy atom. The van der Waals surface area contributed by atoms with Crippen LogP contribution in [-0.4, -0.2) is 40.6 Å². The van der Waals surface area contributed by atoms with Gasteiger partial charge in [-0.3, -0.25) is 4.79 Å². The van der Waals surface area contributed by atoms with Crippen molar-refractivity contribution >= 4 is 34.5 Å². The molecule has 0 spiro atoms. The average molecular weight is 489 g/mol. The Hall–Kier alpha value is -1.05. The number of carbonyl (C=O) groups is 2. The molecule has 4 atom stereocenters. The molecule has 2 heterocycles. The summed E-state index contributed by atoms with van der Waals surface area (Å²) < 4.78 is 6.54. The number of aliphatic hydroxyl groups is 1. The molecule has 27 heavy (non-hydrogen) atoms. The van der Waals surface area contributed by atoms with Crippen LogP contribution in [0.5, 0.6) is 5.75 Å². The van der Waals surface area contributed by atoms with Crippen LogP contribution in [0.2, 0.25) is 0 Å². The summed E-state index contributed by atoms with van der Waals surface area (Å²) in [5.41, 5.74) is 0.157. The second-order valence-corrected chi connectivity index (χ2v) is 7.49. The number of hydrogen-bond donors (Lipinski definition) is 1. The average Bonchev–Trinajstić information content (AvgIpc) is 2.82. The molecule has 0 radical (unpaired) electrons. The van der Waals surface area contributed by atoms with E-state index >= 15 is 0 Å². The molecule has 2 aliphatic rings. The number of ether oxygens (including phenoxy) is 1. The van der Waals surface area contributed by atoms with Crippen LogP contribution in [0, 0.1) is 27.2 Å². The molecular weight excluding hydrogens is 472 g/mol. The van der Waals surface area contributed by atoms with E-state index in [2.05, 4.69) is 34.4 Å². The van der Waals surface area contributed by atoms with Gasteiger partial charge < -0.3 is 24.6 Å². The maximum atomic E-state index is 12.2. The van der Waals surface area contributed by atoms with E-state index in [1.165, 1.54) is 11.8 Å². The van der Waals surface area contributed by atoms with Gasteiger partial charge in [-0.05, 0) is 41.6 Å². The predicted molar refractivity (Wildman–Crippen MR) is 99.4 cm³/mol. The molecule has 1 aromatic rings. The van der Waals surface area contributed by atoms with Gasteiger partial charge in [0.2, 0.25) is 5.91 Å². The number of β-lactam (4-membered cyclic amide) rings is 1. The number of nitrogens with zero attached hydrogens (tertiary/aromatic N) is 1. The Labute approximate surface area is 193 Å². The van der Waals surface area contributed by atoms with Crippen LogP contribution in [0.25, 0.3) is 0 Å². The molecule has 1 amide bonds. The Morgan fingerprint density at radius 1 is 1.44 bits per heavy atom. The summed E-state index contributed by atoms with van der Waals surface area (Å²) in [6, 6.07) is 7.10. The Bertz CT molecular complexity index is 857. The van der Waals surface area contributed by atoms with Gasteiger partial charge in [0.05, 0.1) is 33.3 Å². The molecule has 2 aliphatic heterocycles. The van der Waals surface area contributed by atoms with Crippen LogP contribution in [-0.2, 0) is 9.59 Å². The molecule has 1 N–H and O–H groups in total. The van der Waals surface area contributed by atoms with E-state index in [1.807, 2.05) is 24.3 Å². The minimum atomic E-state index is -1.43. The van der Waals surface area contributed by atoms with Crippen molar-refractivity contribution in [3.05, 3.63) is 39.1 Å². The van der Waals surface area contributed by atoms with Crippen molar-refractivity contribution < 1.29 is 54.1 Å². The molecule has 0 bridgehead atoms. The summed E-state index contributed by atoms with van der Waals surface area (Å²) in [7, 11) is 0. The number of fused-ring (bicyclic) bond motifs is 1. The molecule has 0 aromatic heterocycles. The molecule has 0 saturated carbocycles. The molecule has 3 rings (SSSR count). The van der Waals surface area contributed by atoms with Gasteiger partial charge in [-0.2, -0.15) is 0 Å². The second kappa shape index (κ2) is 8.97. The minimum absolute atomic E-state index is 0. The number of para-hydroxylation sites is 1. The number of rotatable bonds is 4. The van der Waals surface area contributed by atoms with E-state index in [0.717, 1.165) is 3.57 Å². The van der Waals surface area contributed by atoms with Crippen molar-refractivity contribution in [3.8, 4) is 17.6 Å². The molecule has 1 fully saturated rings. The summed E-state index contributed by atoms with van der Waals surface area (Å²) in [6.07, 6.45) is -0.843. The molecule has 1 aromatic carbocycles. The number of aliphatic carboxylic acids is 1. The first-order valence-corrected chi connectivity index (χ1v) is 9.25. The Morgan fingerprint density at radius 3 is 2.70 bits per heavy atom. The number of hydrogen-bond acceptors (Lipinski definition) is 5. The zero-order valence-corrected chi connectivity index (χ0v) is 19.4. The van der Waals surface area contributed by atoms with Gasteiger partial charge in [-0.25, -0.2) is 0 Å². The van der Waals surface area contributed by atoms with E-state index < -0.39 is 29.9 Å². The maximum absolute atomic E-state index is 12.2. The number of halogens is 1. The maximum Gasteiger partial charge on any atom is 1.00 e. The molecule has 8 heteroatoms. The first kappa shape index (κ1) is 22.2. The van der Waals surface area contributed by atoms with E-state index in [4.69, 9.17) is 4.74 Å². The third-order valence-corrected chi connectivity index (χ3v) is 5.62. The standard InChI is InChI=1S/C19H18INO5.Na/c1-10-12(6-5-9-26-14-8-4-3-7-13(14)20)17(19(24)25)21-16(10)15(11(2)22)18(21)23;/h3-4,7-8,10-11,15-16,22H,9H2,1-2H3,(H,24,25);/q;+1/p-1/t10-,11?,15?,16?;/m0./s1. The summed E-state index contributed by atoms with van der Waals surface area (Å²) in [5, 5.41) is 21.3. The van der Waals surface area contributed by atoms with Crippen molar-refractivity contribution in [3.63, 3.8) is 0 Å². The molecule has 6 nitrogen and oxygen atoms in total. The van der Waals surface area contributed by atoms with Gasteiger partial charge >= 0.3 is 29.6 Å². The number of benzene rings is 1. The molecule has 1 saturated heterocycles. The largest absolute Gasteiger partial charge is 1.00 e. The normalized spacial score (nSPS) is 24.2. The molecule has 136 valence electrons. The zero-order chi connectivity index (χ0) is 19.0. The van der Waals surface area contributed by atoms with E-state index in [-0.39, 0.29) is 47.8 Å². The topological polar surface area (TPSA) is 89.9 Å². The first-order valence-electron chi connectivity index (χ1n) is 8.17. The minimum Gasteiger partial charge on any atom is -0.543 e. The Kier molecular flexibility index (Phi) is 7.39. The van der Waals surface area contributed by atoms with Crippen LogP contribution in [0.3, 0.4) is 0 Å². The first-order chi connectivity index (χ1) is 12.3. The molecular formula is C19H17INNaO5. The molecule has 0 aliphatic carbocycles. The SMILES string of the molecule is CC(O)C1C(=O)N2C(C(=O)[O-])=C(C#CCOc3ccccc3I)[C@H](C)C12.[Na+].